The van der Waals surface area contributed by atoms with Crippen LogP contribution in [0.4, 0.5) is 0 Å². The highest BCUT2D eigenvalue weighted by Gasteiger charge is 2.07. The summed E-state index contributed by atoms with van der Waals surface area (Å²) in [6.07, 6.45) is 0. The Hall–Kier alpha value is -1.65. The van der Waals surface area contributed by atoms with E-state index in [4.69, 9.17) is 0 Å². The first-order valence-corrected chi connectivity index (χ1v) is 7.22. The van der Waals surface area contributed by atoms with Gasteiger partial charge in [0.1, 0.15) is 0 Å². The standard InChI is InChI=1S/C15H17N3S/c1-11-7-8-12(19-11)9-16-10-14-13-5-3-4-6-15(13)18(2)17-14/h3-8,16H,9-10H2,1-2H3. The number of benzene rings is 1. The van der Waals surface area contributed by atoms with Crippen molar-refractivity contribution in [2.45, 2.75) is 20.0 Å². The molecule has 0 aliphatic rings. The van der Waals surface area contributed by atoms with Crippen LogP contribution in [0.5, 0.6) is 0 Å². The van der Waals surface area contributed by atoms with Crippen molar-refractivity contribution in [3.05, 3.63) is 51.8 Å². The van der Waals surface area contributed by atoms with Gasteiger partial charge in [-0.1, -0.05) is 18.2 Å². The molecule has 0 fully saturated rings. The second-order valence-corrected chi connectivity index (χ2v) is 6.08. The second kappa shape index (κ2) is 5.15. The van der Waals surface area contributed by atoms with E-state index in [1.54, 1.807) is 0 Å². The molecule has 1 N–H and O–H groups in total. The maximum atomic E-state index is 4.58. The number of thiophene rings is 1. The van der Waals surface area contributed by atoms with Gasteiger partial charge in [-0.15, -0.1) is 11.3 Å². The largest absolute Gasteiger partial charge is 0.306 e. The van der Waals surface area contributed by atoms with Gasteiger partial charge in [-0.2, -0.15) is 5.10 Å². The van der Waals surface area contributed by atoms with Crippen molar-refractivity contribution in [3.63, 3.8) is 0 Å². The van der Waals surface area contributed by atoms with E-state index in [1.165, 1.54) is 20.7 Å². The van der Waals surface area contributed by atoms with Gasteiger partial charge >= 0.3 is 0 Å². The minimum Gasteiger partial charge on any atom is -0.306 e. The molecule has 2 aromatic heterocycles. The normalized spacial score (nSPS) is 11.3. The van der Waals surface area contributed by atoms with Crippen molar-refractivity contribution in [2.24, 2.45) is 7.05 Å². The Bertz CT molecular complexity index is 696. The van der Waals surface area contributed by atoms with Crippen molar-refractivity contribution < 1.29 is 0 Å². The molecule has 0 aliphatic heterocycles. The van der Waals surface area contributed by atoms with Crippen molar-refractivity contribution in [3.8, 4) is 0 Å². The first-order valence-electron chi connectivity index (χ1n) is 6.40. The molecular weight excluding hydrogens is 254 g/mol. The van der Waals surface area contributed by atoms with Gasteiger partial charge in [0.2, 0.25) is 0 Å². The lowest BCUT2D eigenvalue weighted by molar-refractivity contribution is 0.667. The first kappa shape index (κ1) is 12.4. The third-order valence-corrected chi connectivity index (χ3v) is 4.22. The summed E-state index contributed by atoms with van der Waals surface area (Å²) in [6, 6.07) is 12.7. The highest BCUT2D eigenvalue weighted by Crippen LogP contribution is 2.18. The summed E-state index contributed by atoms with van der Waals surface area (Å²) in [7, 11) is 1.99. The van der Waals surface area contributed by atoms with E-state index in [9.17, 15) is 0 Å². The monoisotopic (exact) mass is 271 g/mol. The maximum absolute atomic E-state index is 4.58. The van der Waals surface area contributed by atoms with E-state index in [0.29, 0.717) is 0 Å². The van der Waals surface area contributed by atoms with Gasteiger partial charge in [-0.25, -0.2) is 0 Å². The zero-order valence-corrected chi connectivity index (χ0v) is 12.0. The van der Waals surface area contributed by atoms with Crippen molar-refractivity contribution in [2.75, 3.05) is 0 Å². The molecule has 3 aromatic rings. The predicted octanol–water partition coefficient (Wildman–Crippen LogP) is 3.23. The van der Waals surface area contributed by atoms with Crippen LogP contribution >= 0.6 is 11.3 Å². The molecule has 19 heavy (non-hydrogen) atoms. The Kier molecular flexibility index (Phi) is 3.36. The summed E-state index contributed by atoms with van der Waals surface area (Å²) >= 11 is 1.84. The summed E-state index contributed by atoms with van der Waals surface area (Å²) in [4.78, 5) is 2.73. The molecule has 0 saturated carbocycles. The Morgan fingerprint density at radius 1 is 1.16 bits per heavy atom. The first-order chi connectivity index (χ1) is 9.24. The van der Waals surface area contributed by atoms with Gasteiger partial charge in [-0.3, -0.25) is 4.68 Å². The number of aromatic nitrogens is 2. The van der Waals surface area contributed by atoms with Crippen molar-refractivity contribution >= 4 is 22.2 Å². The van der Waals surface area contributed by atoms with E-state index in [0.717, 1.165) is 18.8 Å². The van der Waals surface area contributed by atoms with E-state index < -0.39 is 0 Å². The van der Waals surface area contributed by atoms with Gasteiger partial charge in [0.25, 0.3) is 0 Å². The summed E-state index contributed by atoms with van der Waals surface area (Å²) < 4.78 is 1.95. The molecule has 1 aromatic carbocycles. The predicted molar refractivity (Wildman–Crippen MR) is 80.3 cm³/mol. The molecule has 98 valence electrons. The number of rotatable bonds is 4. The maximum Gasteiger partial charge on any atom is 0.0841 e. The molecule has 0 radical (unpaired) electrons. The summed E-state index contributed by atoms with van der Waals surface area (Å²) in [5.74, 6) is 0. The van der Waals surface area contributed by atoms with Crippen LogP contribution in [-0.2, 0) is 20.1 Å². The van der Waals surface area contributed by atoms with Crippen LogP contribution in [0.25, 0.3) is 10.9 Å². The van der Waals surface area contributed by atoms with Crippen LogP contribution in [0.1, 0.15) is 15.4 Å². The van der Waals surface area contributed by atoms with Crippen molar-refractivity contribution in [1.82, 2.24) is 15.1 Å². The molecule has 3 nitrogen and oxygen atoms in total. The van der Waals surface area contributed by atoms with Crippen molar-refractivity contribution in [1.29, 1.82) is 0 Å². The fourth-order valence-electron chi connectivity index (χ4n) is 2.30. The molecule has 0 saturated heterocycles. The SMILES string of the molecule is Cc1ccc(CNCc2nn(C)c3ccccc23)s1. The molecule has 0 aliphatic carbocycles. The molecule has 0 unspecified atom stereocenters. The number of para-hydroxylation sites is 1. The van der Waals surface area contributed by atoms with Gasteiger partial charge in [0.05, 0.1) is 11.2 Å². The third kappa shape index (κ3) is 2.55. The fraction of sp³-hybridized carbons (Fsp3) is 0.267. The van der Waals surface area contributed by atoms with Gasteiger partial charge in [-0.05, 0) is 25.1 Å². The smallest absolute Gasteiger partial charge is 0.0841 e. The highest BCUT2D eigenvalue weighted by molar-refractivity contribution is 7.11. The van der Waals surface area contributed by atoms with E-state index in [-0.39, 0.29) is 0 Å². The van der Waals surface area contributed by atoms with E-state index in [1.807, 2.05) is 23.1 Å². The minimum absolute atomic E-state index is 0.804. The minimum atomic E-state index is 0.804. The highest BCUT2D eigenvalue weighted by atomic mass is 32.1. The van der Waals surface area contributed by atoms with Crippen LogP contribution in [0.3, 0.4) is 0 Å². The van der Waals surface area contributed by atoms with E-state index >= 15 is 0 Å². The van der Waals surface area contributed by atoms with Crippen LogP contribution in [0.2, 0.25) is 0 Å². The number of nitrogens with zero attached hydrogens (tertiary/aromatic N) is 2. The fourth-order valence-corrected chi connectivity index (χ4v) is 3.16. The summed E-state index contributed by atoms with van der Waals surface area (Å²) in [5, 5.41) is 9.29. The Morgan fingerprint density at radius 3 is 2.79 bits per heavy atom. The average molecular weight is 271 g/mol. The third-order valence-electron chi connectivity index (χ3n) is 3.22. The lowest BCUT2D eigenvalue weighted by Gasteiger charge is -2.00. The topological polar surface area (TPSA) is 29.9 Å². The molecule has 0 atom stereocenters. The Morgan fingerprint density at radius 2 is 2.00 bits per heavy atom. The average Bonchev–Trinajstić information content (AvgIpc) is 2.96. The van der Waals surface area contributed by atoms with Gasteiger partial charge < -0.3 is 5.32 Å². The van der Waals surface area contributed by atoms with Gasteiger partial charge in [0.15, 0.2) is 0 Å². The summed E-state index contributed by atoms with van der Waals surface area (Å²) in [6.45, 7) is 3.85. The molecule has 0 amide bonds. The zero-order valence-electron chi connectivity index (χ0n) is 11.2. The van der Waals surface area contributed by atoms with Crippen LogP contribution in [0.15, 0.2) is 36.4 Å². The number of nitrogens with one attached hydrogen (secondary N) is 1. The van der Waals surface area contributed by atoms with Crippen LogP contribution in [0, 0.1) is 6.92 Å². The van der Waals surface area contributed by atoms with Gasteiger partial charge in [0, 0.05) is 35.3 Å². The number of hydrogen-bond donors (Lipinski definition) is 1. The van der Waals surface area contributed by atoms with Crippen LogP contribution < -0.4 is 5.32 Å². The lowest BCUT2D eigenvalue weighted by Crippen LogP contribution is -2.12. The molecular formula is C15H17N3S. The number of hydrogen-bond acceptors (Lipinski definition) is 3. The quantitative estimate of drug-likeness (QED) is 0.789. The molecule has 0 bridgehead atoms. The lowest BCUT2D eigenvalue weighted by atomic mass is 10.2. The van der Waals surface area contributed by atoms with Crippen LogP contribution in [-0.4, -0.2) is 9.78 Å². The Labute approximate surface area is 116 Å². The summed E-state index contributed by atoms with van der Waals surface area (Å²) in [5.41, 5.74) is 2.30. The number of fused-ring (bicyclic) bond motifs is 1. The zero-order chi connectivity index (χ0) is 13.2. The molecule has 0 spiro atoms. The van der Waals surface area contributed by atoms with E-state index in [2.05, 4.69) is 53.7 Å². The molecule has 3 rings (SSSR count). The number of aryl methyl sites for hydroxylation is 2. The Balaban J connectivity index is 1.72. The second-order valence-electron chi connectivity index (χ2n) is 4.70. The molecule has 2 heterocycles. The molecule has 4 heteroatoms.